The molecule has 0 saturated carbocycles. The molecule has 0 aromatic heterocycles. The molecule has 2 aromatic rings. The molecule has 8 nitrogen and oxygen atoms in total. The maximum atomic E-state index is 13.5. The topological polar surface area (TPSA) is 119 Å². The molecule has 0 saturated heterocycles. The highest BCUT2D eigenvalue weighted by molar-refractivity contribution is 6.05. The molecule has 2 aromatic carbocycles. The number of allylic oxidation sites excluding steroid dienone is 4. The molecule has 0 amide bonds. The number of aliphatic hydroxyl groups is 2. The molecule has 0 radical (unpaired) electrons. The first kappa shape index (κ1) is 28.9. The minimum atomic E-state index is -1.01. The van der Waals surface area contributed by atoms with Crippen LogP contribution in [0.5, 0.6) is 17.2 Å². The van der Waals surface area contributed by atoms with Crippen molar-refractivity contribution in [1.82, 2.24) is 0 Å². The highest BCUT2D eigenvalue weighted by Crippen LogP contribution is 2.48. The standard InChI is InChI=1S/C32H36O8/c1-31(2)14-21(33)28(22(34)15-31)27(29-23(35)16-32(3,4)17-24(29)36)18-10-11-25(26(13-18)39-6)40-30(37)19-8-7-9-20(12-19)38-5/h7-13,27,33,35H,14-17H2,1-6H3. The van der Waals surface area contributed by atoms with E-state index < -0.39 is 22.7 Å². The van der Waals surface area contributed by atoms with Gasteiger partial charge in [-0.15, -0.1) is 0 Å². The molecule has 0 aliphatic heterocycles. The third-order valence-corrected chi connectivity index (χ3v) is 7.40. The maximum absolute atomic E-state index is 13.5. The Bertz CT molecular complexity index is 1370. The number of Topliss-reactive ketones (excluding diaryl/α,β-unsaturated/α-hetero) is 2. The summed E-state index contributed by atoms with van der Waals surface area (Å²) in [7, 11) is 2.91. The Balaban J connectivity index is 1.81. The van der Waals surface area contributed by atoms with Gasteiger partial charge in [-0.3, -0.25) is 9.59 Å². The molecule has 2 aliphatic rings. The van der Waals surface area contributed by atoms with Crippen LogP contribution in [0.1, 0.15) is 75.2 Å². The lowest BCUT2D eigenvalue weighted by atomic mass is 9.67. The summed E-state index contributed by atoms with van der Waals surface area (Å²) in [5.74, 6) is -1.60. The fraction of sp³-hybridized carbons (Fsp3) is 0.406. The second-order valence-electron chi connectivity index (χ2n) is 12.1. The van der Waals surface area contributed by atoms with Crippen molar-refractivity contribution in [3.8, 4) is 17.2 Å². The zero-order chi connectivity index (χ0) is 29.4. The summed E-state index contributed by atoms with van der Waals surface area (Å²) in [4.78, 5) is 39.8. The fourth-order valence-corrected chi connectivity index (χ4v) is 5.59. The van der Waals surface area contributed by atoms with E-state index in [-0.39, 0.29) is 77.0 Å². The number of esters is 1. The average molecular weight is 549 g/mol. The van der Waals surface area contributed by atoms with Crippen LogP contribution in [0.3, 0.4) is 0 Å². The number of aliphatic hydroxyl groups excluding tert-OH is 2. The summed E-state index contributed by atoms with van der Waals surface area (Å²) < 4.78 is 16.3. The molecule has 40 heavy (non-hydrogen) atoms. The Labute approximate surface area is 234 Å². The van der Waals surface area contributed by atoms with Crippen LogP contribution < -0.4 is 14.2 Å². The molecule has 2 N–H and O–H groups in total. The van der Waals surface area contributed by atoms with E-state index in [2.05, 4.69) is 0 Å². The van der Waals surface area contributed by atoms with Gasteiger partial charge in [0, 0.05) is 42.7 Å². The molecule has 0 spiro atoms. The summed E-state index contributed by atoms with van der Waals surface area (Å²) in [5.41, 5.74) is 0.0240. The molecular formula is C32H36O8. The van der Waals surface area contributed by atoms with E-state index in [0.717, 1.165) is 0 Å². The van der Waals surface area contributed by atoms with Gasteiger partial charge in [0.15, 0.2) is 23.1 Å². The zero-order valence-corrected chi connectivity index (χ0v) is 23.8. The predicted molar refractivity (Wildman–Crippen MR) is 149 cm³/mol. The van der Waals surface area contributed by atoms with Gasteiger partial charge in [0.05, 0.1) is 19.8 Å². The first-order chi connectivity index (χ1) is 18.7. The largest absolute Gasteiger partial charge is 0.512 e. The van der Waals surface area contributed by atoms with Crippen LogP contribution in [-0.2, 0) is 9.59 Å². The number of hydrogen-bond donors (Lipinski definition) is 2. The van der Waals surface area contributed by atoms with Gasteiger partial charge in [-0.25, -0.2) is 4.79 Å². The Kier molecular flexibility index (Phi) is 7.83. The molecular weight excluding hydrogens is 512 g/mol. The van der Waals surface area contributed by atoms with Crippen LogP contribution in [0, 0.1) is 10.8 Å². The van der Waals surface area contributed by atoms with Crippen molar-refractivity contribution < 1.29 is 38.8 Å². The summed E-state index contributed by atoms with van der Waals surface area (Å²) >= 11 is 0. The van der Waals surface area contributed by atoms with Crippen molar-refractivity contribution in [3.63, 3.8) is 0 Å². The Morgan fingerprint density at radius 1 is 0.775 bits per heavy atom. The quantitative estimate of drug-likeness (QED) is 0.301. The van der Waals surface area contributed by atoms with Crippen molar-refractivity contribution in [3.05, 3.63) is 76.3 Å². The van der Waals surface area contributed by atoms with E-state index in [0.29, 0.717) is 11.3 Å². The number of rotatable bonds is 7. The first-order valence-corrected chi connectivity index (χ1v) is 13.2. The number of carbonyl (C=O) groups excluding carboxylic acids is 3. The van der Waals surface area contributed by atoms with Crippen LogP contribution in [0.2, 0.25) is 0 Å². The molecule has 0 unspecified atom stereocenters. The highest BCUT2D eigenvalue weighted by atomic mass is 16.6. The summed E-state index contributed by atoms with van der Waals surface area (Å²) in [6, 6.07) is 11.2. The van der Waals surface area contributed by atoms with Crippen molar-refractivity contribution >= 4 is 17.5 Å². The van der Waals surface area contributed by atoms with E-state index in [9.17, 15) is 24.6 Å². The average Bonchev–Trinajstić information content (AvgIpc) is 2.85. The van der Waals surface area contributed by atoms with Crippen LogP contribution >= 0.6 is 0 Å². The summed E-state index contributed by atoms with van der Waals surface area (Å²) in [6.45, 7) is 7.58. The molecule has 0 fully saturated rings. The van der Waals surface area contributed by atoms with Crippen LogP contribution in [0.15, 0.2) is 65.1 Å². The molecule has 2 aliphatic carbocycles. The Morgan fingerprint density at radius 2 is 1.35 bits per heavy atom. The minimum Gasteiger partial charge on any atom is -0.512 e. The summed E-state index contributed by atoms with van der Waals surface area (Å²) in [5, 5.41) is 22.2. The molecule has 8 heteroatoms. The van der Waals surface area contributed by atoms with Crippen LogP contribution in [-0.4, -0.2) is 42.0 Å². The SMILES string of the molecule is COc1cccc(C(=O)Oc2ccc(C(C3=C(O)CC(C)(C)CC3=O)C3=C(O)CC(C)(C)CC3=O)cc2OC)c1. The van der Waals surface area contributed by atoms with Gasteiger partial charge in [0.2, 0.25) is 0 Å². The zero-order valence-electron chi connectivity index (χ0n) is 23.8. The first-order valence-electron chi connectivity index (χ1n) is 13.2. The van der Waals surface area contributed by atoms with Gasteiger partial charge in [0.25, 0.3) is 0 Å². The summed E-state index contributed by atoms with van der Waals surface area (Å²) in [6.07, 6.45) is 0.880. The number of ether oxygens (including phenoxy) is 3. The second-order valence-corrected chi connectivity index (χ2v) is 12.1. The van der Waals surface area contributed by atoms with E-state index >= 15 is 0 Å². The van der Waals surface area contributed by atoms with E-state index in [1.54, 1.807) is 36.4 Å². The van der Waals surface area contributed by atoms with Gasteiger partial charge < -0.3 is 24.4 Å². The van der Waals surface area contributed by atoms with Crippen molar-refractivity contribution in [2.45, 2.75) is 59.3 Å². The lowest BCUT2D eigenvalue weighted by Gasteiger charge is -2.36. The third kappa shape index (κ3) is 5.91. The van der Waals surface area contributed by atoms with Crippen molar-refractivity contribution in [2.24, 2.45) is 10.8 Å². The van der Waals surface area contributed by atoms with Crippen molar-refractivity contribution in [1.29, 1.82) is 0 Å². The monoisotopic (exact) mass is 548 g/mol. The number of ketones is 2. The third-order valence-electron chi connectivity index (χ3n) is 7.40. The van der Waals surface area contributed by atoms with Crippen molar-refractivity contribution in [2.75, 3.05) is 14.2 Å². The molecule has 4 rings (SSSR count). The maximum Gasteiger partial charge on any atom is 0.343 e. The molecule has 0 atom stereocenters. The Hall–Kier alpha value is -4.07. The number of methoxy groups -OCH3 is 2. The van der Waals surface area contributed by atoms with E-state index in [4.69, 9.17) is 14.2 Å². The van der Waals surface area contributed by atoms with E-state index in [1.165, 1.54) is 20.3 Å². The molecule has 212 valence electrons. The second kappa shape index (κ2) is 10.8. The predicted octanol–water partition coefficient (Wildman–Crippen LogP) is 6.41. The van der Waals surface area contributed by atoms with Gasteiger partial charge in [-0.05, 0) is 46.7 Å². The van der Waals surface area contributed by atoms with Crippen LogP contribution in [0.25, 0.3) is 0 Å². The van der Waals surface area contributed by atoms with Crippen LogP contribution in [0.4, 0.5) is 0 Å². The fourth-order valence-electron chi connectivity index (χ4n) is 5.59. The normalized spacial score (nSPS) is 18.7. The lowest BCUT2D eigenvalue weighted by molar-refractivity contribution is -0.119. The van der Waals surface area contributed by atoms with Gasteiger partial charge in [-0.1, -0.05) is 39.8 Å². The van der Waals surface area contributed by atoms with Gasteiger partial charge in [-0.2, -0.15) is 0 Å². The lowest BCUT2D eigenvalue weighted by Crippen LogP contribution is -2.33. The minimum absolute atomic E-state index is 0.0945. The molecule has 0 heterocycles. The van der Waals surface area contributed by atoms with E-state index in [1.807, 2.05) is 27.7 Å². The number of hydrogen-bond acceptors (Lipinski definition) is 8. The number of carbonyl (C=O) groups is 3. The molecule has 0 bridgehead atoms. The van der Waals surface area contributed by atoms with Gasteiger partial charge in [0.1, 0.15) is 17.3 Å². The Morgan fingerprint density at radius 3 is 1.85 bits per heavy atom. The highest BCUT2D eigenvalue weighted by Gasteiger charge is 2.43. The number of benzene rings is 2. The van der Waals surface area contributed by atoms with Gasteiger partial charge >= 0.3 is 5.97 Å². The smallest absolute Gasteiger partial charge is 0.343 e.